The zero-order valence-electron chi connectivity index (χ0n) is 26.6. The smallest absolute Gasteiger partial charge is 0.318 e. The lowest BCUT2D eigenvalue weighted by atomic mass is 9.82. The van der Waals surface area contributed by atoms with Crippen LogP contribution in [0.1, 0.15) is 43.4 Å². The van der Waals surface area contributed by atoms with Gasteiger partial charge in [-0.3, -0.25) is 4.79 Å². The van der Waals surface area contributed by atoms with E-state index < -0.39 is 0 Å². The lowest BCUT2D eigenvalue weighted by molar-refractivity contribution is -0.128. The van der Waals surface area contributed by atoms with Gasteiger partial charge in [0.15, 0.2) is 0 Å². The van der Waals surface area contributed by atoms with E-state index in [0.717, 1.165) is 64.6 Å². The van der Waals surface area contributed by atoms with Crippen LogP contribution in [0.4, 0.5) is 11.5 Å². The molecule has 4 heterocycles. The third-order valence-electron chi connectivity index (χ3n) is 10.7. The first-order valence-corrected chi connectivity index (χ1v) is 16.9. The summed E-state index contributed by atoms with van der Waals surface area (Å²) in [6.45, 7) is 9.66. The fourth-order valence-corrected chi connectivity index (χ4v) is 8.13. The number of aromatic nitrogens is 2. The molecule has 2 aromatic carbocycles. The summed E-state index contributed by atoms with van der Waals surface area (Å²) in [5.41, 5.74) is 3.40. The highest BCUT2D eigenvalue weighted by atomic mass is 35.5. The van der Waals surface area contributed by atoms with Crippen molar-refractivity contribution in [1.29, 1.82) is 5.26 Å². The van der Waals surface area contributed by atoms with Crippen molar-refractivity contribution in [2.75, 3.05) is 62.7 Å². The molecule has 1 aliphatic carbocycles. The van der Waals surface area contributed by atoms with Gasteiger partial charge in [-0.1, -0.05) is 42.4 Å². The molecule has 0 bridgehead atoms. The summed E-state index contributed by atoms with van der Waals surface area (Å²) in [6, 6.07) is 14.8. The molecular formula is C36H42ClN7O2. The van der Waals surface area contributed by atoms with Crippen LogP contribution in [-0.2, 0) is 17.8 Å². The molecule has 1 amide bonds. The summed E-state index contributed by atoms with van der Waals surface area (Å²) in [4.78, 5) is 31.6. The van der Waals surface area contributed by atoms with Gasteiger partial charge >= 0.3 is 6.01 Å². The Bertz CT molecular complexity index is 1670. The standard InChI is InChI=1S/C36H42ClN7O2/c1-3-32(45)44-21-20-43(22-27(44)10-16-38)34-28-13-19-42(31-9-5-7-25-6-4-8-29(37)33(25)31)23-30(28)39-35(40-34)46-24-36(14-15-36)26-11-17-41(2)18-12-26/h3-9,26-27H,1,10-15,17-24H2,2H3/t27-/m0/s1. The quantitative estimate of drug-likeness (QED) is 0.300. The number of ether oxygens (including phenoxy) is 1. The van der Waals surface area contributed by atoms with Crippen LogP contribution in [0.3, 0.4) is 0 Å². The van der Waals surface area contributed by atoms with Crippen LogP contribution < -0.4 is 14.5 Å². The lowest BCUT2D eigenvalue weighted by Gasteiger charge is -2.42. The van der Waals surface area contributed by atoms with Crippen LogP contribution in [0.15, 0.2) is 49.1 Å². The number of hydrogen-bond donors (Lipinski definition) is 0. The van der Waals surface area contributed by atoms with Crippen LogP contribution in [0.25, 0.3) is 10.8 Å². The number of piperazine rings is 1. The van der Waals surface area contributed by atoms with Crippen LogP contribution >= 0.6 is 11.6 Å². The third-order valence-corrected chi connectivity index (χ3v) is 11.0. The van der Waals surface area contributed by atoms with Gasteiger partial charge in [-0.15, -0.1) is 0 Å². The van der Waals surface area contributed by atoms with E-state index >= 15 is 0 Å². The topological polar surface area (TPSA) is 88.8 Å². The molecule has 10 heteroatoms. The molecular weight excluding hydrogens is 598 g/mol. The highest BCUT2D eigenvalue weighted by molar-refractivity contribution is 6.36. The predicted octanol–water partition coefficient (Wildman–Crippen LogP) is 5.46. The minimum atomic E-state index is -0.240. The number of fused-ring (bicyclic) bond motifs is 2. The number of nitrogens with zero attached hydrogens (tertiary/aromatic N) is 7. The maximum Gasteiger partial charge on any atom is 0.318 e. The Kier molecular flexibility index (Phi) is 8.51. The number of carbonyl (C=O) groups excluding carboxylic acids is 1. The zero-order chi connectivity index (χ0) is 31.8. The molecule has 3 fully saturated rings. The summed E-state index contributed by atoms with van der Waals surface area (Å²) < 4.78 is 6.56. The maximum absolute atomic E-state index is 12.6. The van der Waals surface area contributed by atoms with Crippen molar-refractivity contribution in [1.82, 2.24) is 19.8 Å². The number of benzene rings is 2. The number of nitriles is 1. The van der Waals surface area contributed by atoms with Crippen molar-refractivity contribution >= 4 is 39.8 Å². The van der Waals surface area contributed by atoms with E-state index in [0.29, 0.717) is 44.7 Å². The largest absolute Gasteiger partial charge is 0.463 e. The number of likely N-dealkylation sites (tertiary alicyclic amines) is 1. The number of amides is 1. The maximum atomic E-state index is 12.6. The Balaban J connectivity index is 1.20. The van der Waals surface area contributed by atoms with Gasteiger partial charge in [0.25, 0.3) is 0 Å². The molecule has 1 atom stereocenters. The van der Waals surface area contributed by atoms with Crippen molar-refractivity contribution in [3.05, 3.63) is 65.3 Å². The van der Waals surface area contributed by atoms with Gasteiger partial charge < -0.3 is 24.3 Å². The molecule has 240 valence electrons. The van der Waals surface area contributed by atoms with E-state index in [-0.39, 0.29) is 23.8 Å². The van der Waals surface area contributed by atoms with Crippen LogP contribution in [0, 0.1) is 22.7 Å². The number of anilines is 2. The van der Waals surface area contributed by atoms with Gasteiger partial charge in [-0.05, 0) is 81.8 Å². The number of hydrogen-bond acceptors (Lipinski definition) is 8. The van der Waals surface area contributed by atoms with Crippen molar-refractivity contribution in [2.45, 2.75) is 51.1 Å². The van der Waals surface area contributed by atoms with Crippen molar-refractivity contribution < 1.29 is 9.53 Å². The third kappa shape index (κ3) is 5.89. The van der Waals surface area contributed by atoms with Crippen LogP contribution in [-0.4, -0.2) is 84.6 Å². The fourth-order valence-electron chi connectivity index (χ4n) is 7.86. The predicted molar refractivity (Wildman–Crippen MR) is 181 cm³/mol. The average molecular weight is 640 g/mol. The van der Waals surface area contributed by atoms with E-state index in [2.05, 4.69) is 58.7 Å². The highest BCUT2D eigenvalue weighted by Gasteiger charge is 2.50. The molecule has 0 N–H and O–H groups in total. The van der Waals surface area contributed by atoms with E-state index in [1.807, 2.05) is 12.1 Å². The van der Waals surface area contributed by atoms with Crippen molar-refractivity contribution in [3.8, 4) is 12.1 Å². The normalized spacial score (nSPS) is 21.5. The molecule has 0 radical (unpaired) electrons. The Morgan fingerprint density at radius 2 is 1.89 bits per heavy atom. The molecule has 4 aliphatic rings. The van der Waals surface area contributed by atoms with E-state index in [9.17, 15) is 10.1 Å². The summed E-state index contributed by atoms with van der Waals surface area (Å²) in [5, 5.41) is 12.5. The summed E-state index contributed by atoms with van der Waals surface area (Å²) in [6.07, 6.45) is 7.18. The number of halogens is 1. The Hall–Kier alpha value is -3.87. The molecule has 0 unspecified atom stereocenters. The first-order chi connectivity index (χ1) is 22.4. The first kappa shape index (κ1) is 30.8. The van der Waals surface area contributed by atoms with Crippen molar-refractivity contribution in [2.24, 2.45) is 11.3 Å². The van der Waals surface area contributed by atoms with E-state index in [1.54, 1.807) is 4.90 Å². The highest BCUT2D eigenvalue weighted by Crippen LogP contribution is 2.55. The summed E-state index contributed by atoms with van der Waals surface area (Å²) in [7, 11) is 2.21. The molecule has 9 nitrogen and oxygen atoms in total. The lowest BCUT2D eigenvalue weighted by Crippen LogP contribution is -2.55. The number of rotatable bonds is 8. The molecule has 3 aromatic rings. The number of piperidine rings is 1. The second-order valence-corrected chi connectivity index (χ2v) is 13.9. The van der Waals surface area contributed by atoms with Crippen LogP contribution in [0.5, 0.6) is 6.01 Å². The second-order valence-electron chi connectivity index (χ2n) is 13.5. The molecule has 7 rings (SSSR count). The number of carbonyl (C=O) groups is 1. The minimum Gasteiger partial charge on any atom is -0.463 e. The minimum absolute atomic E-state index is 0.137. The first-order valence-electron chi connectivity index (χ1n) is 16.6. The van der Waals surface area contributed by atoms with Gasteiger partial charge in [-0.2, -0.15) is 15.2 Å². The Morgan fingerprint density at radius 3 is 2.63 bits per heavy atom. The van der Waals surface area contributed by atoms with Gasteiger partial charge in [0.2, 0.25) is 5.91 Å². The van der Waals surface area contributed by atoms with Gasteiger partial charge in [-0.25, -0.2) is 0 Å². The Morgan fingerprint density at radius 1 is 1.11 bits per heavy atom. The monoisotopic (exact) mass is 639 g/mol. The molecule has 1 aromatic heterocycles. The van der Waals surface area contributed by atoms with Crippen LogP contribution in [0.2, 0.25) is 5.02 Å². The van der Waals surface area contributed by atoms with Gasteiger partial charge in [0.05, 0.1) is 42.4 Å². The Labute approximate surface area is 276 Å². The molecule has 1 saturated carbocycles. The zero-order valence-corrected chi connectivity index (χ0v) is 27.4. The summed E-state index contributed by atoms with van der Waals surface area (Å²) >= 11 is 6.74. The van der Waals surface area contributed by atoms with Gasteiger partial charge in [0, 0.05) is 48.2 Å². The molecule has 46 heavy (non-hydrogen) atoms. The van der Waals surface area contributed by atoms with Crippen molar-refractivity contribution in [3.63, 3.8) is 0 Å². The van der Waals surface area contributed by atoms with Gasteiger partial charge in [0.1, 0.15) is 5.82 Å². The fraction of sp³-hybridized carbons (Fsp3) is 0.500. The van der Waals surface area contributed by atoms with E-state index in [4.69, 9.17) is 26.3 Å². The molecule has 3 aliphatic heterocycles. The molecule has 0 spiro atoms. The average Bonchev–Trinajstić information content (AvgIpc) is 3.88. The summed E-state index contributed by atoms with van der Waals surface area (Å²) in [5.74, 6) is 1.41. The van der Waals surface area contributed by atoms with E-state index in [1.165, 1.54) is 31.8 Å². The molecule has 2 saturated heterocycles. The second kappa shape index (κ2) is 12.7. The SMILES string of the molecule is C=CC(=O)N1CCN(c2nc(OCC3(C4CCN(C)CC4)CC3)nc3c2CCN(c2cccc4cccc(Cl)c24)C3)C[C@@H]1CC#N.